The summed E-state index contributed by atoms with van der Waals surface area (Å²) in [4.78, 5) is 4.00. The van der Waals surface area contributed by atoms with E-state index in [1.54, 1.807) is 0 Å². The van der Waals surface area contributed by atoms with Crippen molar-refractivity contribution in [2.75, 3.05) is 0 Å². The summed E-state index contributed by atoms with van der Waals surface area (Å²) in [5.41, 5.74) is 2.31. The van der Waals surface area contributed by atoms with Gasteiger partial charge in [-0.05, 0) is 0 Å². The summed E-state index contributed by atoms with van der Waals surface area (Å²) in [7, 11) is 0. The number of benzene rings is 1. The van der Waals surface area contributed by atoms with Gasteiger partial charge in [0, 0.05) is 0 Å². The molecule has 0 aliphatic carbocycles. The van der Waals surface area contributed by atoms with Crippen LogP contribution in [0.2, 0.25) is 0 Å². The molecule has 1 nitrogen and oxygen atoms in total. The zero-order chi connectivity index (χ0) is 8.81. The van der Waals surface area contributed by atoms with E-state index in [-0.39, 0.29) is 0 Å². The van der Waals surface area contributed by atoms with Crippen molar-refractivity contribution in [1.82, 2.24) is 0 Å². The van der Waals surface area contributed by atoms with Gasteiger partial charge in [-0.2, -0.15) is 0 Å². The summed E-state index contributed by atoms with van der Waals surface area (Å²) >= 11 is 2.61. The second-order valence-corrected chi connectivity index (χ2v) is 2.69. The fraction of sp³-hybridized carbons (Fsp3) is 0.100. The van der Waals surface area contributed by atoms with Crippen molar-refractivity contribution < 1.29 is 0 Å². The Morgan fingerprint density at radius 3 is 2.92 bits per heavy atom. The van der Waals surface area contributed by atoms with Gasteiger partial charge in [-0.1, -0.05) is 0 Å². The van der Waals surface area contributed by atoms with Gasteiger partial charge in [-0.25, -0.2) is 0 Å². The summed E-state index contributed by atoms with van der Waals surface area (Å²) < 4.78 is 2.63. The molecule has 0 aliphatic rings. The Bertz CT molecular complexity index is 324. The van der Waals surface area contributed by atoms with E-state index in [1.807, 2.05) is 30.3 Å². The molecule has 0 spiro atoms. The predicted octanol–water partition coefficient (Wildman–Crippen LogP) is 1.90. The molecule has 0 aliphatic heterocycles. The average molecular weight is 222 g/mol. The van der Waals surface area contributed by atoms with Gasteiger partial charge in [0.1, 0.15) is 0 Å². The van der Waals surface area contributed by atoms with Gasteiger partial charge in [-0.15, -0.1) is 0 Å². The molecule has 0 aromatic heterocycles. The normalized spacial score (nSPS) is 8.67. The first kappa shape index (κ1) is 9.15. The van der Waals surface area contributed by atoms with Gasteiger partial charge >= 0.3 is 79.9 Å². The Balaban J connectivity index is 2.96. The second-order valence-electron chi connectivity index (χ2n) is 2.31. The SMILES string of the molecule is C=Cc1ccccc1CN=C=[Se]. The molecule has 0 bridgehead atoms. The van der Waals surface area contributed by atoms with E-state index < -0.39 is 0 Å². The quantitative estimate of drug-likeness (QED) is 0.547. The van der Waals surface area contributed by atoms with Crippen molar-refractivity contribution in [3.05, 3.63) is 42.0 Å². The molecule has 0 N–H and O–H groups in total. The van der Waals surface area contributed by atoms with E-state index in [4.69, 9.17) is 0 Å². The van der Waals surface area contributed by atoms with Gasteiger partial charge < -0.3 is 0 Å². The Kier molecular flexibility index (Phi) is 3.69. The van der Waals surface area contributed by atoms with Crippen molar-refractivity contribution in [2.45, 2.75) is 6.54 Å². The molecule has 1 aromatic rings. The minimum absolute atomic E-state index is 0.662. The first-order chi connectivity index (χ1) is 5.88. The van der Waals surface area contributed by atoms with Gasteiger partial charge in [0.05, 0.1) is 0 Å². The fourth-order valence-electron chi connectivity index (χ4n) is 0.995. The molecule has 1 aromatic carbocycles. The molecule has 1 rings (SSSR count). The summed E-state index contributed by atoms with van der Waals surface area (Å²) in [5, 5.41) is 0. The molecular weight excluding hydrogens is 213 g/mol. The summed E-state index contributed by atoms with van der Waals surface area (Å²) in [5.74, 6) is 0. The Labute approximate surface area is 80.2 Å². The van der Waals surface area contributed by atoms with Crippen LogP contribution in [0.4, 0.5) is 0 Å². The van der Waals surface area contributed by atoms with Crippen LogP contribution in [-0.4, -0.2) is 20.3 Å². The summed E-state index contributed by atoms with van der Waals surface area (Å²) in [6, 6.07) is 8.05. The number of aliphatic imine (C=N–C) groups is 1. The molecule has 0 radical (unpaired) electrons. The van der Waals surface area contributed by atoms with E-state index in [0.717, 1.165) is 5.56 Å². The maximum absolute atomic E-state index is 4.00. The first-order valence-corrected chi connectivity index (χ1v) is 4.48. The van der Waals surface area contributed by atoms with Crippen molar-refractivity contribution in [3.8, 4) is 0 Å². The second kappa shape index (κ2) is 4.84. The molecule has 2 heteroatoms. The average Bonchev–Trinajstić information content (AvgIpc) is 2.15. The van der Waals surface area contributed by atoms with E-state index in [2.05, 4.69) is 31.9 Å². The Morgan fingerprint density at radius 1 is 1.50 bits per heavy atom. The summed E-state index contributed by atoms with van der Waals surface area (Å²) in [6.07, 6.45) is 1.84. The summed E-state index contributed by atoms with van der Waals surface area (Å²) in [6.45, 7) is 4.39. The third-order valence-corrected chi connectivity index (χ3v) is 1.86. The van der Waals surface area contributed by atoms with Crippen LogP contribution < -0.4 is 0 Å². The van der Waals surface area contributed by atoms with Crippen molar-refractivity contribution >= 4 is 26.4 Å². The number of rotatable bonds is 3. The molecule has 0 atom stereocenters. The van der Waals surface area contributed by atoms with Gasteiger partial charge in [0.2, 0.25) is 0 Å². The third kappa shape index (κ3) is 2.28. The van der Waals surface area contributed by atoms with Crippen LogP contribution in [0.1, 0.15) is 11.1 Å². The molecule has 0 saturated heterocycles. The van der Waals surface area contributed by atoms with Gasteiger partial charge in [-0.3, -0.25) is 0 Å². The zero-order valence-electron chi connectivity index (χ0n) is 6.66. The van der Waals surface area contributed by atoms with Crippen LogP contribution in [0.25, 0.3) is 6.08 Å². The molecule has 60 valence electrons. The monoisotopic (exact) mass is 223 g/mol. The minimum atomic E-state index is 0.662. The van der Waals surface area contributed by atoms with Crippen molar-refractivity contribution in [2.24, 2.45) is 4.99 Å². The van der Waals surface area contributed by atoms with Crippen LogP contribution in [-0.2, 0) is 6.54 Å². The molecule has 0 fully saturated rings. The van der Waals surface area contributed by atoms with Crippen LogP contribution in [0.5, 0.6) is 0 Å². The van der Waals surface area contributed by atoms with Gasteiger partial charge in [0.15, 0.2) is 0 Å². The maximum atomic E-state index is 4.00. The van der Waals surface area contributed by atoms with Crippen LogP contribution >= 0.6 is 0 Å². The molecular formula is C10H9NSe. The van der Waals surface area contributed by atoms with Crippen LogP contribution in [0.3, 0.4) is 0 Å². The Morgan fingerprint density at radius 2 is 2.25 bits per heavy atom. The van der Waals surface area contributed by atoms with Crippen molar-refractivity contribution in [1.29, 1.82) is 0 Å². The molecule has 0 saturated carbocycles. The van der Waals surface area contributed by atoms with Gasteiger partial charge in [0.25, 0.3) is 0 Å². The zero-order valence-corrected chi connectivity index (χ0v) is 8.37. The number of hydrogen-bond acceptors (Lipinski definition) is 1. The third-order valence-electron chi connectivity index (χ3n) is 1.59. The van der Waals surface area contributed by atoms with Crippen molar-refractivity contribution in [3.63, 3.8) is 0 Å². The fourth-order valence-corrected chi connectivity index (χ4v) is 1.13. The van der Waals surface area contributed by atoms with E-state index >= 15 is 0 Å². The number of hydrogen-bond donors (Lipinski definition) is 0. The van der Waals surface area contributed by atoms with Crippen LogP contribution in [0, 0.1) is 0 Å². The molecule has 0 amide bonds. The van der Waals surface area contributed by atoms with Crippen LogP contribution in [0.15, 0.2) is 35.8 Å². The topological polar surface area (TPSA) is 12.4 Å². The molecule has 0 unspecified atom stereocenters. The predicted molar refractivity (Wildman–Crippen MR) is 53.4 cm³/mol. The molecule has 12 heavy (non-hydrogen) atoms. The van der Waals surface area contributed by atoms with E-state index in [1.165, 1.54) is 5.56 Å². The first-order valence-electron chi connectivity index (χ1n) is 3.62. The standard InChI is InChI=1S/C10H9NSe/c1-2-9-5-3-4-6-10(9)7-11-8-12/h2-6H,1,7H2. The van der Waals surface area contributed by atoms with E-state index in [0.29, 0.717) is 6.54 Å². The number of nitrogens with zero attached hydrogens (tertiary/aromatic N) is 1. The van der Waals surface area contributed by atoms with E-state index in [9.17, 15) is 0 Å². The Hall–Kier alpha value is -0.941. The molecule has 0 heterocycles.